The molecule has 1 fully saturated rings. The number of anilines is 1. The molecule has 1 saturated heterocycles. The number of hydrogen-bond donors (Lipinski definition) is 1. The molecule has 1 aliphatic rings. The molecule has 0 unspecified atom stereocenters. The van der Waals surface area contributed by atoms with Crippen molar-refractivity contribution in [3.8, 4) is 0 Å². The quantitative estimate of drug-likeness (QED) is 0.852. The van der Waals surface area contributed by atoms with Crippen molar-refractivity contribution in [2.45, 2.75) is 45.1 Å². The van der Waals surface area contributed by atoms with Gasteiger partial charge in [0.15, 0.2) is 0 Å². The SMILES string of the molecule is CNc1ccc(B2OC(C)(C)C(C)(C)O2)cc1C(F)(F)F. The number of halogens is 3. The monoisotopic (exact) mass is 301 g/mol. The summed E-state index contributed by atoms with van der Waals surface area (Å²) in [6.07, 6.45) is -4.43. The van der Waals surface area contributed by atoms with E-state index in [4.69, 9.17) is 9.31 Å². The van der Waals surface area contributed by atoms with Crippen LogP contribution >= 0.6 is 0 Å². The summed E-state index contributed by atoms with van der Waals surface area (Å²) >= 11 is 0. The largest absolute Gasteiger partial charge is 0.494 e. The third-order valence-electron chi connectivity index (χ3n) is 4.14. The van der Waals surface area contributed by atoms with Gasteiger partial charge in [-0.25, -0.2) is 0 Å². The average Bonchev–Trinajstić information content (AvgIpc) is 2.56. The Labute approximate surface area is 123 Å². The summed E-state index contributed by atoms with van der Waals surface area (Å²) in [4.78, 5) is 0. The molecule has 7 heteroatoms. The van der Waals surface area contributed by atoms with Gasteiger partial charge in [-0.2, -0.15) is 13.2 Å². The normalized spacial score (nSPS) is 20.7. The van der Waals surface area contributed by atoms with Gasteiger partial charge < -0.3 is 14.6 Å². The lowest BCUT2D eigenvalue weighted by atomic mass is 9.78. The van der Waals surface area contributed by atoms with Crippen LogP contribution in [0, 0.1) is 0 Å². The molecule has 0 aromatic heterocycles. The molecule has 1 N–H and O–H groups in total. The summed E-state index contributed by atoms with van der Waals surface area (Å²) in [5, 5.41) is 2.55. The molecule has 0 amide bonds. The topological polar surface area (TPSA) is 30.5 Å². The van der Waals surface area contributed by atoms with Crippen molar-refractivity contribution < 1.29 is 22.5 Å². The highest BCUT2D eigenvalue weighted by Crippen LogP contribution is 2.38. The zero-order chi connectivity index (χ0) is 16.1. The Morgan fingerprint density at radius 2 is 1.57 bits per heavy atom. The third-order valence-corrected chi connectivity index (χ3v) is 4.14. The van der Waals surface area contributed by atoms with Gasteiger partial charge in [-0.15, -0.1) is 0 Å². The summed E-state index contributed by atoms with van der Waals surface area (Å²) in [5.74, 6) is 0. The maximum absolute atomic E-state index is 13.1. The van der Waals surface area contributed by atoms with E-state index in [1.165, 1.54) is 13.1 Å². The maximum Gasteiger partial charge on any atom is 0.494 e. The van der Waals surface area contributed by atoms with Gasteiger partial charge >= 0.3 is 13.3 Å². The lowest BCUT2D eigenvalue weighted by molar-refractivity contribution is -0.136. The first-order valence-corrected chi connectivity index (χ1v) is 6.72. The molecule has 0 aliphatic carbocycles. The van der Waals surface area contributed by atoms with E-state index < -0.39 is 30.1 Å². The van der Waals surface area contributed by atoms with Crippen LogP contribution in [0.15, 0.2) is 18.2 Å². The van der Waals surface area contributed by atoms with Crippen molar-refractivity contribution in [2.75, 3.05) is 12.4 Å². The molecule has 1 aromatic carbocycles. The first-order chi connectivity index (χ1) is 9.48. The van der Waals surface area contributed by atoms with E-state index in [2.05, 4.69) is 5.32 Å². The van der Waals surface area contributed by atoms with Crippen molar-refractivity contribution in [1.82, 2.24) is 0 Å². The number of alkyl halides is 3. The van der Waals surface area contributed by atoms with E-state index in [1.807, 2.05) is 27.7 Å². The van der Waals surface area contributed by atoms with Gasteiger partial charge in [-0.3, -0.25) is 0 Å². The molecule has 116 valence electrons. The Bertz CT molecular complexity index is 528. The highest BCUT2D eigenvalue weighted by atomic mass is 19.4. The third kappa shape index (κ3) is 2.89. The Morgan fingerprint density at radius 1 is 1.05 bits per heavy atom. The molecule has 0 atom stereocenters. The van der Waals surface area contributed by atoms with Gasteiger partial charge in [0.05, 0.1) is 16.8 Å². The lowest BCUT2D eigenvalue weighted by Gasteiger charge is -2.32. The molecule has 2 rings (SSSR count). The van der Waals surface area contributed by atoms with Gasteiger partial charge in [-0.05, 0) is 45.3 Å². The molecule has 1 aromatic rings. The molecule has 1 heterocycles. The van der Waals surface area contributed by atoms with Crippen LogP contribution in [0.4, 0.5) is 18.9 Å². The Kier molecular flexibility index (Phi) is 3.79. The van der Waals surface area contributed by atoms with Gasteiger partial charge in [0.25, 0.3) is 0 Å². The zero-order valence-electron chi connectivity index (χ0n) is 12.8. The Morgan fingerprint density at radius 3 is 2.00 bits per heavy atom. The van der Waals surface area contributed by atoms with Crippen LogP contribution in [-0.4, -0.2) is 25.4 Å². The van der Waals surface area contributed by atoms with Crippen molar-refractivity contribution in [2.24, 2.45) is 0 Å². The highest BCUT2D eigenvalue weighted by Gasteiger charge is 2.52. The van der Waals surface area contributed by atoms with Gasteiger partial charge in [0.1, 0.15) is 0 Å². The minimum atomic E-state index is -4.43. The van der Waals surface area contributed by atoms with E-state index in [0.717, 1.165) is 6.07 Å². The minimum absolute atomic E-state index is 0.0303. The first-order valence-electron chi connectivity index (χ1n) is 6.72. The maximum atomic E-state index is 13.1. The molecule has 3 nitrogen and oxygen atoms in total. The van der Waals surface area contributed by atoms with E-state index in [0.29, 0.717) is 5.46 Å². The predicted molar refractivity (Wildman–Crippen MR) is 76.7 cm³/mol. The molecule has 1 aliphatic heterocycles. The fraction of sp³-hybridized carbons (Fsp3) is 0.571. The van der Waals surface area contributed by atoms with Crippen LogP contribution in [0.3, 0.4) is 0 Å². The number of rotatable bonds is 2. The van der Waals surface area contributed by atoms with Crippen molar-refractivity contribution in [3.63, 3.8) is 0 Å². The Balaban J connectivity index is 2.39. The Hall–Kier alpha value is -1.21. The summed E-state index contributed by atoms with van der Waals surface area (Å²) in [7, 11) is 0.654. The number of hydrogen-bond acceptors (Lipinski definition) is 3. The van der Waals surface area contributed by atoms with E-state index >= 15 is 0 Å². The van der Waals surface area contributed by atoms with Gasteiger partial charge in [0, 0.05) is 12.7 Å². The highest BCUT2D eigenvalue weighted by molar-refractivity contribution is 6.62. The number of nitrogens with one attached hydrogen (secondary N) is 1. The standard InChI is InChI=1S/C14H19BF3NO2/c1-12(2)13(3,4)21-15(20-12)9-6-7-11(19-5)10(8-9)14(16,17)18/h6-8,19H,1-5H3. The fourth-order valence-corrected chi connectivity index (χ4v) is 2.14. The molecular formula is C14H19BF3NO2. The van der Waals surface area contributed by atoms with Crippen LogP contribution < -0.4 is 10.8 Å². The van der Waals surface area contributed by atoms with Crippen LogP contribution in [0.25, 0.3) is 0 Å². The van der Waals surface area contributed by atoms with Crippen LogP contribution in [0.1, 0.15) is 33.3 Å². The second kappa shape index (κ2) is 4.92. The molecule has 0 saturated carbocycles. The van der Waals surface area contributed by atoms with Crippen molar-refractivity contribution in [3.05, 3.63) is 23.8 Å². The number of benzene rings is 1. The summed E-state index contributed by atoms with van der Waals surface area (Å²) in [6, 6.07) is 4.06. The van der Waals surface area contributed by atoms with E-state index in [-0.39, 0.29) is 5.69 Å². The predicted octanol–water partition coefficient (Wildman–Crippen LogP) is 3.05. The molecule has 0 radical (unpaired) electrons. The summed E-state index contributed by atoms with van der Waals surface area (Å²) < 4.78 is 50.8. The van der Waals surface area contributed by atoms with Gasteiger partial charge in [-0.1, -0.05) is 6.07 Å². The minimum Gasteiger partial charge on any atom is -0.399 e. The van der Waals surface area contributed by atoms with Crippen molar-refractivity contribution in [1.29, 1.82) is 0 Å². The molecule has 21 heavy (non-hydrogen) atoms. The summed E-state index contributed by atoms with van der Waals surface area (Å²) in [6.45, 7) is 7.44. The second-order valence-corrected chi connectivity index (χ2v) is 6.14. The first kappa shape index (κ1) is 16.2. The van der Waals surface area contributed by atoms with Crippen LogP contribution in [-0.2, 0) is 15.5 Å². The van der Waals surface area contributed by atoms with Crippen molar-refractivity contribution >= 4 is 18.3 Å². The smallest absolute Gasteiger partial charge is 0.399 e. The van der Waals surface area contributed by atoms with Gasteiger partial charge in [0.2, 0.25) is 0 Å². The van der Waals surface area contributed by atoms with E-state index in [1.54, 1.807) is 6.07 Å². The fourth-order valence-electron chi connectivity index (χ4n) is 2.14. The molecular weight excluding hydrogens is 282 g/mol. The lowest BCUT2D eigenvalue weighted by Crippen LogP contribution is -2.41. The summed E-state index contributed by atoms with van der Waals surface area (Å²) in [5.41, 5.74) is -1.50. The zero-order valence-corrected chi connectivity index (χ0v) is 12.8. The van der Waals surface area contributed by atoms with Crippen LogP contribution in [0.5, 0.6) is 0 Å². The molecule has 0 spiro atoms. The second-order valence-electron chi connectivity index (χ2n) is 6.14. The van der Waals surface area contributed by atoms with E-state index in [9.17, 15) is 13.2 Å². The van der Waals surface area contributed by atoms with Crippen LogP contribution in [0.2, 0.25) is 0 Å². The average molecular weight is 301 g/mol. The molecule has 0 bridgehead atoms.